The second-order valence-corrected chi connectivity index (χ2v) is 12.2. The molecular formula is C31H42O3. The molecule has 0 saturated heterocycles. The molecule has 1 aromatic rings. The van der Waals surface area contributed by atoms with Crippen molar-refractivity contribution in [2.24, 2.45) is 28.6 Å². The Morgan fingerprint density at radius 1 is 1.09 bits per heavy atom. The first-order chi connectivity index (χ1) is 16.2. The number of hydrogen-bond donors (Lipinski definition) is 1. The zero-order chi connectivity index (χ0) is 24.1. The number of esters is 1. The van der Waals surface area contributed by atoms with Crippen molar-refractivity contribution in [3.05, 3.63) is 58.7 Å². The zero-order valence-corrected chi connectivity index (χ0v) is 21.5. The number of hydrogen-bond acceptors (Lipinski definition) is 3. The topological polar surface area (TPSA) is 46.5 Å². The van der Waals surface area contributed by atoms with Crippen molar-refractivity contribution in [1.29, 1.82) is 0 Å². The standard InChI is InChI=1S/C31H42O3/c1-20(18-21(2)32)26-12-13-27-25-11-10-23-19-24(34-29(33)22-8-6-5-7-9-22)14-16-30(23,3)28(25)15-17-31(26,27)4/h5-9,13,20-21,23-24,26,32H,10-12,14-19H2,1-4H3/t20-,21?,23?,24?,26-,30+,31-/m1/s1. The largest absolute Gasteiger partial charge is 0.459 e. The third-order valence-corrected chi connectivity index (χ3v) is 10.1. The number of rotatable bonds is 5. The van der Waals surface area contributed by atoms with Crippen molar-refractivity contribution in [1.82, 2.24) is 0 Å². The molecule has 3 heteroatoms. The molecule has 1 aromatic carbocycles. The maximum atomic E-state index is 12.6. The molecule has 184 valence electrons. The molecule has 3 unspecified atom stereocenters. The summed E-state index contributed by atoms with van der Waals surface area (Å²) in [6.07, 6.45) is 12.4. The van der Waals surface area contributed by atoms with E-state index in [-0.39, 0.29) is 29.0 Å². The molecule has 0 bridgehead atoms. The highest BCUT2D eigenvalue weighted by Gasteiger charge is 2.53. The Morgan fingerprint density at radius 2 is 1.85 bits per heavy atom. The Bertz CT molecular complexity index is 989. The fourth-order valence-electron chi connectivity index (χ4n) is 8.32. The highest BCUT2D eigenvalue weighted by molar-refractivity contribution is 5.89. The molecule has 0 radical (unpaired) electrons. The molecule has 0 amide bonds. The van der Waals surface area contributed by atoms with Crippen LogP contribution in [0.2, 0.25) is 0 Å². The first kappa shape index (κ1) is 23.9. The van der Waals surface area contributed by atoms with E-state index in [2.05, 4.69) is 26.8 Å². The molecule has 0 heterocycles. The van der Waals surface area contributed by atoms with Crippen molar-refractivity contribution in [2.75, 3.05) is 0 Å². The van der Waals surface area contributed by atoms with Gasteiger partial charge in [-0.15, -0.1) is 0 Å². The lowest BCUT2D eigenvalue weighted by molar-refractivity contribution is -0.0125. The van der Waals surface area contributed by atoms with Crippen LogP contribution in [0.15, 0.2) is 53.1 Å². The smallest absolute Gasteiger partial charge is 0.338 e. The molecule has 4 aliphatic rings. The number of aliphatic hydroxyl groups excluding tert-OH is 1. The predicted molar refractivity (Wildman–Crippen MR) is 136 cm³/mol. The molecular weight excluding hydrogens is 420 g/mol. The van der Waals surface area contributed by atoms with Crippen LogP contribution >= 0.6 is 0 Å². The van der Waals surface area contributed by atoms with Gasteiger partial charge in [0.2, 0.25) is 0 Å². The molecule has 1 fully saturated rings. The Kier molecular flexibility index (Phi) is 6.29. The van der Waals surface area contributed by atoms with E-state index >= 15 is 0 Å². The van der Waals surface area contributed by atoms with Crippen molar-refractivity contribution in [2.45, 2.75) is 97.7 Å². The van der Waals surface area contributed by atoms with Crippen molar-refractivity contribution in [3.8, 4) is 0 Å². The molecule has 3 nitrogen and oxygen atoms in total. The predicted octanol–water partition coefficient (Wildman–Crippen LogP) is 7.26. The van der Waals surface area contributed by atoms with Crippen LogP contribution in [0.5, 0.6) is 0 Å². The van der Waals surface area contributed by atoms with E-state index in [0.717, 1.165) is 32.1 Å². The number of aliphatic hydroxyl groups is 1. The number of allylic oxidation sites excluding steroid dienone is 4. The molecule has 34 heavy (non-hydrogen) atoms. The normalized spacial score (nSPS) is 36.6. The van der Waals surface area contributed by atoms with Crippen LogP contribution in [0.4, 0.5) is 0 Å². The van der Waals surface area contributed by atoms with E-state index in [9.17, 15) is 9.90 Å². The van der Waals surface area contributed by atoms with E-state index in [1.807, 2.05) is 37.3 Å². The van der Waals surface area contributed by atoms with Gasteiger partial charge in [0.25, 0.3) is 0 Å². The second-order valence-electron chi connectivity index (χ2n) is 12.2. The van der Waals surface area contributed by atoms with Gasteiger partial charge in [-0.3, -0.25) is 0 Å². The third kappa shape index (κ3) is 3.98. The van der Waals surface area contributed by atoms with Gasteiger partial charge in [-0.25, -0.2) is 4.79 Å². The van der Waals surface area contributed by atoms with Crippen molar-refractivity contribution >= 4 is 5.97 Å². The van der Waals surface area contributed by atoms with Crippen LogP contribution in [0.1, 0.15) is 95.8 Å². The SMILES string of the molecule is CC(O)C[C@@H](C)[C@H]1CC=C2C3=C(CC[C@@]21C)[C@@]1(C)CCC(OC(=O)c2ccccc2)CC1CC3. The van der Waals surface area contributed by atoms with Gasteiger partial charge in [0.1, 0.15) is 6.10 Å². The van der Waals surface area contributed by atoms with Gasteiger partial charge in [-0.05, 0) is 117 Å². The number of fused-ring (bicyclic) bond motifs is 4. The number of carbonyl (C=O) groups excluding carboxylic acids is 1. The fourth-order valence-corrected chi connectivity index (χ4v) is 8.32. The molecule has 0 spiro atoms. The summed E-state index contributed by atoms with van der Waals surface area (Å²) in [4.78, 5) is 12.6. The Hall–Kier alpha value is -1.87. The van der Waals surface area contributed by atoms with Crippen LogP contribution in [-0.4, -0.2) is 23.3 Å². The number of benzene rings is 1. The molecule has 0 aromatic heterocycles. The minimum absolute atomic E-state index is 0.0400. The van der Waals surface area contributed by atoms with E-state index in [4.69, 9.17) is 4.74 Å². The van der Waals surface area contributed by atoms with Gasteiger partial charge in [-0.1, -0.05) is 50.6 Å². The average Bonchev–Trinajstić information content (AvgIpc) is 3.17. The fraction of sp³-hybridized carbons (Fsp3) is 0.645. The molecule has 0 aliphatic heterocycles. The van der Waals surface area contributed by atoms with Crippen LogP contribution in [0, 0.1) is 28.6 Å². The number of ether oxygens (including phenoxy) is 1. The highest BCUT2D eigenvalue weighted by Crippen LogP contribution is 2.64. The lowest BCUT2D eigenvalue weighted by Crippen LogP contribution is -2.44. The van der Waals surface area contributed by atoms with Gasteiger partial charge >= 0.3 is 5.97 Å². The van der Waals surface area contributed by atoms with E-state index in [0.29, 0.717) is 23.3 Å². The maximum absolute atomic E-state index is 12.6. The average molecular weight is 463 g/mol. The first-order valence-electron chi connectivity index (χ1n) is 13.6. The zero-order valence-electron chi connectivity index (χ0n) is 21.5. The Labute approximate surface area is 205 Å². The summed E-state index contributed by atoms with van der Waals surface area (Å²) >= 11 is 0. The van der Waals surface area contributed by atoms with Gasteiger partial charge in [-0.2, -0.15) is 0 Å². The van der Waals surface area contributed by atoms with Crippen LogP contribution in [-0.2, 0) is 4.74 Å². The van der Waals surface area contributed by atoms with Crippen molar-refractivity contribution in [3.63, 3.8) is 0 Å². The molecule has 1 saturated carbocycles. The molecule has 7 atom stereocenters. The van der Waals surface area contributed by atoms with Gasteiger partial charge in [0.15, 0.2) is 0 Å². The lowest BCUT2D eigenvalue weighted by Gasteiger charge is -2.54. The highest BCUT2D eigenvalue weighted by atomic mass is 16.5. The summed E-state index contributed by atoms with van der Waals surface area (Å²) < 4.78 is 5.98. The molecule has 1 N–H and O–H groups in total. The summed E-state index contributed by atoms with van der Waals surface area (Å²) in [5.74, 6) is 1.61. The Morgan fingerprint density at radius 3 is 2.59 bits per heavy atom. The monoisotopic (exact) mass is 462 g/mol. The summed E-state index contributed by atoms with van der Waals surface area (Å²) in [7, 11) is 0. The van der Waals surface area contributed by atoms with E-state index < -0.39 is 0 Å². The van der Waals surface area contributed by atoms with Crippen LogP contribution in [0.3, 0.4) is 0 Å². The molecule has 5 rings (SSSR count). The molecule has 4 aliphatic carbocycles. The Balaban J connectivity index is 1.32. The summed E-state index contributed by atoms with van der Waals surface area (Å²) in [6, 6.07) is 9.41. The summed E-state index contributed by atoms with van der Waals surface area (Å²) in [6.45, 7) is 9.29. The first-order valence-corrected chi connectivity index (χ1v) is 13.6. The van der Waals surface area contributed by atoms with E-state index in [1.54, 1.807) is 16.7 Å². The van der Waals surface area contributed by atoms with Crippen LogP contribution < -0.4 is 0 Å². The summed E-state index contributed by atoms with van der Waals surface area (Å²) in [5.41, 5.74) is 6.22. The maximum Gasteiger partial charge on any atom is 0.338 e. The lowest BCUT2D eigenvalue weighted by atomic mass is 9.51. The van der Waals surface area contributed by atoms with Crippen molar-refractivity contribution < 1.29 is 14.6 Å². The van der Waals surface area contributed by atoms with Gasteiger partial charge in [0.05, 0.1) is 11.7 Å². The number of carbonyl (C=O) groups is 1. The van der Waals surface area contributed by atoms with E-state index in [1.165, 1.54) is 25.7 Å². The van der Waals surface area contributed by atoms with Gasteiger partial charge < -0.3 is 9.84 Å². The van der Waals surface area contributed by atoms with Crippen LogP contribution in [0.25, 0.3) is 0 Å². The summed E-state index contributed by atoms with van der Waals surface area (Å²) in [5, 5.41) is 10.00. The minimum Gasteiger partial charge on any atom is -0.459 e. The third-order valence-electron chi connectivity index (χ3n) is 10.1. The second kappa shape index (κ2) is 8.97. The quantitative estimate of drug-likeness (QED) is 0.468. The minimum atomic E-state index is -0.221. The van der Waals surface area contributed by atoms with Gasteiger partial charge in [0, 0.05) is 0 Å².